The summed E-state index contributed by atoms with van der Waals surface area (Å²) in [6.45, 7) is 2.30. The maximum absolute atomic E-state index is 13.1. The molecule has 0 radical (unpaired) electrons. The number of nitrogens with zero attached hydrogens (tertiary/aromatic N) is 2. The van der Waals surface area contributed by atoms with Gasteiger partial charge in [0, 0.05) is 49.8 Å². The number of H-pyrrole nitrogens is 1. The highest BCUT2D eigenvalue weighted by atomic mass is 16.7. The van der Waals surface area contributed by atoms with E-state index in [0.717, 1.165) is 59.2 Å². The molecule has 2 fully saturated rings. The zero-order valence-corrected chi connectivity index (χ0v) is 29.6. The number of carbonyl (C=O) groups is 2. The molecule has 4 aromatic carbocycles. The second-order valence-electron chi connectivity index (χ2n) is 13.7. The first-order valence-electron chi connectivity index (χ1n) is 18.1. The average molecular weight is 720 g/mol. The lowest BCUT2D eigenvalue weighted by molar-refractivity contribution is -0.253. The van der Waals surface area contributed by atoms with Gasteiger partial charge in [-0.3, -0.25) is 4.57 Å². The molecule has 4 N–H and O–H groups in total. The number of aliphatic hydroxyl groups excluding tert-OH is 1. The number of carbonyl (C=O) groups excluding carboxylic acids is 2. The molecule has 12 heteroatoms. The van der Waals surface area contributed by atoms with E-state index in [-0.39, 0.29) is 37.0 Å². The van der Waals surface area contributed by atoms with E-state index in [1.807, 2.05) is 102 Å². The van der Waals surface area contributed by atoms with Crippen molar-refractivity contribution in [2.75, 3.05) is 32.1 Å². The van der Waals surface area contributed by atoms with Crippen LogP contribution in [0.1, 0.15) is 60.0 Å². The van der Waals surface area contributed by atoms with Crippen LogP contribution in [0.25, 0.3) is 11.0 Å². The highest BCUT2D eigenvalue weighted by Gasteiger charge is 2.34. The van der Waals surface area contributed by atoms with Crippen LogP contribution in [0, 0.1) is 0 Å². The minimum Gasteiger partial charge on any atom is -0.467 e. The molecule has 0 spiro atoms. The van der Waals surface area contributed by atoms with Gasteiger partial charge in [-0.05, 0) is 53.8 Å². The van der Waals surface area contributed by atoms with Gasteiger partial charge in [0.2, 0.25) is 0 Å². The van der Waals surface area contributed by atoms with E-state index in [2.05, 4.69) is 20.5 Å². The second kappa shape index (κ2) is 16.6. The van der Waals surface area contributed by atoms with Crippen LogP contribution in [0.5, 0.6) is 0 Å². The lowest BCUT2D eigenvalue weighted by Crippen LogP contribution is -2.45. The van der Waals surface area contributed by atoms with Crippen LogP contribution in [0.3, 0.4) is 0 Å². The smallest absolute Gasteiger partial charge is 0.328 e. The van der Waals surface area contributed by atoms with Crippen molar-refractivity contribution >= 4 is 28.7 Å². The van der Waals surface area contributed by atoms with E-state index in [1.165, 1.54) is 7.11 Å². The first-order chi connectivity index (χ1) is 25.9. The molecule has 2 saturated heterocycles. The summed E-state index contributed by atoms with van der Waals surface area (Å²) < 4.78 is 20.1. The number of rotatable bonds is 11. The lowest BCUT2D eigenvalue weighted by atomic mass is 9.98. The summed E-state index contributed by atoms with van der Waals surface area (Å²) in [5, 5.41) is 15.2. The Morgan fingerprint density at radius 3 is 2.42 bits per heavy atom. The molecule has 0 bridgehead atoms. The predicted octanol–water partition coefficient (Wildman–Crippen LogP) is 5.61. The van der Waals surface area contributed by atoms with Crippen LogP contribution in [-0.4, -0.2) is 70.4 Å². The largest absolute Gasteiger partial charge is 0.467 e. The number of imidazole rings is 1. The van der Waals surface area contributed by atoms with Crippen LogP contribution in [0.2, 0.25) is 0 Å². The van der Waals surface area contributed by atoms with Crippen LogP contribution >= 0.6 is 0 Å². The number of amides is 2. The standard InChI is InChI=1S/C41H45N5O7/c1-51-38(48)35(22-27-8-3-2-4-9-27)43-40(49)42-31-11-7-10-30(23-31)39-52-33(24-37(53-39)29-16-14-28(26-47)15-17-29)25-45-20-18-32(19-21-45)46-36-13-6-5-12-34(36)44-41(46)50/h2-17,23,32-33,35,37,39,47H,18-22,24-26H2,1H3,(H,44,50)(H2,42,43,49)/t33-,35-,37+,39+/m0/s1. The fourth-order valence-electron chi connectivity index (χ4n) is 7.39. The van der Waals surface area contributed by atoms with E-state index in [0.29, 0.717) is 18.7 Å². The molecule has 0 saturated carbocycles. The molecule has 3 heterocycles. The number of ether oxygens (including phenoxy) is 3. The number of anilines is 1. The highest BCUT2D eigenvalue weighted by Crippen LogP contribution is 2.39. The summed E-state index contributed by atoms with van der Waals surface area (Å²) in [5.74, 6) is -0.540. The molecule has 2 aliphatic heterocycles. The Kier molecular flexibility index (Phi) is 11.3. The van der Waals surface area contributed by atoms with Crippen LogP contribution in [0.4, 0.5) is 10.5 Å². The zero-order chi connectivity index (χ0) is 36.7. The van der Waals surface area contributed by atoms with Crippen molar-refractivity contribution in [1.82, 2.24) is 19.8 Å². The molecule has 12 nitrogen and oxygen atoms in total. The Balaban J connectivity index is 1.04. The number of aromatic amines is 1. The van der Waals surface area contributed by atoms with E-state index in [1.54, 1.807) is 6.07 Å². The van der Waals surface area contributed by atoms with Crippen molar-refractivity contribution < 1.29 is 28.9 Å². The first-order valence-corrected chi connectivity index (χ1v) is 18.1. The number of aliphatic hydroxyl groups is 1. The van der Waals surface area contributed by atoms with Crippen molar-refractivity contribution in [1.29, 1.82) is 0 Å². The molecule has 7 rings (SSSR count). The number of urea groups is 1. The van der Waals surface area contributed by atoms with E-state index >= 15 is 0 Å². The zero-order valence-electron chi connectivity index (χ0n) is 29.6. The number of hydrogen-bond acceptors (Lipinski definition) is 8. The van der Waals surface area contributed by atoms with Gasteiger partial charge in [-0.15, -0.1) is 0 Å². The van der Waals surface area contributed by atoms with Gasteiger partial charge in [-0.25, -0.2) is 14.4 Å². The van der Waals surface area contributed by atoms with E-state index in [9.17, 15) is 19.5 Å². The second-order valence-corrected chi connectivity index (χ2v) is 13.7. The number of hydrogen-bond donors (Lipinski definition) is 4. The number of nitrogens with one attached hydrogen (secondary N) is 3. The van der Waals surface area contributed by atoms with Gasteiger partial charge < -0.3 is 39.8 Å². The van der Waals surface area contributed by atoms with Gasteiger partial charge in [0.25, 0.3) is 0 Å². The summed E-state index contributed by atoms with van der Waals surface area (Å²) in [7, 11) is 1.30. The molecule has 2 amide bonds. The van der Waals surface area contributed by atoms with Crippen molar-refractivity contribution in [2.45, 2.75) is 62.9 Å². The van der Waals surface area contributed by atoms with Gasteiger partial charge in [0.15, 0.2) is 6.29 Å². The topological polar surface area (TPSA) is 147 Å². The molecule has 4 atom stereocenters. The minimum absolute atomic E-state index is 0.0409. The molecule has 2 aliphatic rings. The SMILES string of the molecule is COC(=O)[C@H](Cc1ccccc1)NC(=O)Nc1cccc([C@@H]2O[C@H](CN3CCC(n4c(=O)[nH]c5ccccc54)CC3)C[C@H](c3ccc(CO)cc3)O2)c1. The number of aromatic nitrogens is 2. The van der Waals surface area contributed by atoms with Gasteiger partial charge in [0.1, 0.15) is 6.04 Å². The van der Waals surface area contributed by atoms with Crippen molar-refractivity contribution in [2.24, 2.45) is 0 Å². The maximum Gasteiger partial charge on any atom is 0.328 e. The first kappa shape index (κ1) is 36.1. The molecule has 276 valence electrons. The number of esters is 1. The third-order valence-electron chi connectivity index (χ3n) is 10.1. The summed E-state index contributed by atoms with van der Waals surface area (Å²) in [5.41, 5.74) is 5.66. The monoisotopic (exact) mass is 719 g/mol. The summed E-state index contributed by atoms with van der Waals surface area (Å²) in [6.07, 6.45) is 1.45. The Morgan fingerprint density at radius 2 is 1.66 bits per heavy atom. The summed E-state index contributed by atoms with van der Waals surface area (Å²) in [6, 6.07) is 31.0. The summed E-state index contributed by atoms with van der Waals surface area (Å²) in [4.78, 5) is 43.9. The number of benzene rings is 4. The van der Waals surface area contributed by atoms with Crippen molar-refractivity contribution in [3.8, 4) is 0 Å². The maximum atomic E-state index is 13.1. The van der Waals surface area contributed by atoms with E-state index in [4.69, 9.17) is 14.2 Å². The number of likely N-dealkylation sites (tertiary alicyclic amines) is 1. The lowest BCUT2D eigenvalue weighted by Gasteiger charge is -2.40. The van der Waals surface area contributed by atoms with Gasteiger partial charge in [-0.2, -0.15) is 0 Å². The Bertz CT molecular complexity index is 2060. The molecular weight excluding hydrogens is 674 g/mol. The number of para-hydroxylation sites is 2. The quantitative estimate of drug-likeness (QED) is 0.129. The Morgan fingerprint density at radius 1 is 0.906 bits per heavy atom. The van der Waals surface area contributed by atoms with Crippen LogP contribution in [-0.2, 0) is 32.0 Å². The molecular formula is C41H45N5O7. The Hall–Kier alpha value is -5.27. The Labute approximate surface area is 307 Å². The molecule has 0 unspecified atom stereocenters. The number of fused-ring (bicyclic) bond motifs is 1. The number of methoxy groups -OCH3 is 1. The van der Waals surface area contributed by atoms with Gasteiger partial charge >= 0.3 is 17.7 Å². The van der Waals surface area contributed by atoms with Crippen LogP contribution < -0.4 is 16.3 Å². The van der Waals surface area contributed by atoms with Crippen LogP contribution in [0.15, 0.2) is 108 Å². The molecule has 1 aromatic heterocycles. The van der Waals surface area contributed by atoms with Crippen molar-refractivity contribution in [3.63, 3.8) is 0 Å². The fourth-order valence-corrected chi connectivity index (χ4v) is 7.39. The average Bonchev–Trinajstić information content (AvgIpc) is 3.53. The predicted molar refractivity (Wildman–Crippen MR) is 200 cm³/mol. The fraction of sp³-hybridized carbons (Fsp3) is 0.341. The van der Waals surface area contributed by atoms with Gasteiger partial charge in [-0.1, -0.05) is 78.9 Å². The number of piperidine rings is 1. The highest BCUT2D eigenvalue weighted by molar-refractivity contribution is 5.92. The van der Waals surface area contributed by atoms with E-state index < -0.39 is 24.3 Å². The molecule has 53 heavy (non-hydrogen) atoms. The molecule has 5 aromatic rings. The normalized spacial score (nSPS) is 20.2. The third-order valence-corrected chi connectivity index (χ3v) is 10.1. The third kappa shape index (κ3) is 8.69. The van der Waals surface area contributed by atoms with Crippen molar-refractivity contribution in [3.05, 3.63) is 136 Å². The molecule has 0 aliphatic carbocycles. The van der Waals surface area contributed by atoms with Gasteiger partial charge in [0.05, 0.1) is 37.0 Å². The summed E-state index contributed by atoms with van der Waals surface area (Å²) >= 11 is 0. The minimum atomic E-state index is -0.872.